The highest BCUT2D eigenvalue weighted by molar-refractivity contribution is 7.92. The van der Waals surface area contributed by atoms with Crippen LogP contribution in [0.1, 0.15) is 29.2 Å². The minimum atomic E-state index is -4.10. The Kier molecular flexibility index (Phi) is 9.17. The number of aryl methyl sites for hydroxylation is 3. The first-order chi connectivity index (χ1) is 18.0. The van der Waals surface area contributed by atoms with Crippen molar-refractivity contribution in [2.24, 2.45) is 0 Å². The van der Waals surface area contributed by atoms with Crippen LogP contribution in [0.25, 0.3) is 0 Å². The van der Waals surface area contributed by atoms with Crippen molar-refractivity contribution in [3.05, 3.63) is 89.0 Å². The lowest BCUT2D eigenvalue weighted by Crippen LogP contribution is -2.50. The van der Waals surface area contributed by atoms with Gasteiger partial charge in [0.2, 0.25) is 11.8 Å². The summed E-state index contributed by atoms with van der Waals surface area (Å²) in [5, 5.41) is 2.58. The monoisotopic (exact) mass is 537 g/mol. The number of nitrogens with one attached hydrogen (secondary N) is 1. The van der Waals surface area contributed by atoms with E-state index >= 15 is 0 Å². The summed E-state index contributed by atoms with van der Waals surface area (Å²) in [6.45, 7) is 6.83. The van der Waals surface area contributed by atoms with Crippen LogP contribution in [0.5, 0.6) is 5.75 Å². The maximum atomic E-state index is 13.9. The molecule has 0 aliphatic heterocycles. The molecule has 0 unspecified atom stereocenters. The van der Waals surface area contributed by atoms with Crippen LogP contribution in [0, 0.1) is 20.8 Å². The number of ether oxygens (including phenoxy) is 1. The van der Waals surface area contributed by atoms with E-state index in [1.807, 2.05) is 39.0 Å². The minimum absolute atomic E-state index is 0.0783. The third-order valence-electron chi connectivity index (χ3n) is 6.41. The van der Waals surface area contributed by atoms with E-state index in [0.717, 1.165) is 21.0 Å². The molecule has 38 heavy (non-hydrogen) atoms. The normalized spacial score (nSPS) is 11.9. The molecule has 0 radical (unpaired) electrons. The number of carbonyl (C=O) groups is 2. The maximum absolute atomic E-state index is 13.9. The Morgan fingerprint density at radius 3 is 2.21 bits per heavy atom. The molecule has 9 heteroatoms. The van der Waals surface area contributed by atoms with Crippen LogP contribution in [0.2, 0.25) is 0 Å². The molecule has 3 rings (SSSR count). The van der Waals surface area contributed by atoms with Crippen molar-refractivity contribution in [1.82, 2.24) is 10.2 Å². The fraction of sp³-hybridized carbons (Fsp3) is 0.310. The van der Waals surface area contributed by atoms with Gasteiger partial charge in [-0.1, -0.05) is 47.5 Å². The fourth-order valence-corrected chi connectivity index (χ4v) is 5.67. The molecule has 0 saturated heterocycles. The van der Waals surface area contributed by atoms with E-state index in [4.69, 9.17) is 4.74 Å². The summed E-state index contributed by atoms with van der Waals surface area (Å²) in [5.74, 6) is -0.262. The number of methoxy groups -OCH3 is 1. The van der Waals surface area contributed by atoms with E-state index in [0.29, 0.717) is 17.0 Å². The number of benzene rings is 3. The van der Waals surface area contributed by atoms with Gasteiger partial charge in [0.15, 0.2) is 0 Å². The largest absolute Gasteiger partial charge is 0.497 e. The molecule has 0 aliphatic carbocycles. The zero-order valence-electron chi connectivity index (χ0n) is 22.7. The van der Waals surface area contributed by atoms with Gasteiger partial charge >= 0.3 is 0 Å². The lowest BCUT2D eigenvalue weighted by molar-refractivity contribution is -0.139. The van der Waals surface area contributed by atoms with Gasteiger partial charge in [-0.15, -0.1) is 0 Å². The molecule has 0 aromatic heterocycles. The van der Waals surface area contributed by atoms with Crippen LogP contribution < -0.4 is 14.4 Å². The standard InChI is InChI=1S/C29H35N3O5S/c1-20-10-13-26(14-11-20)38(35,36)32(27-15-12-21(2)16-22(27)3)19-28(33)31(23(4)29(34)30-5)18-24-8-7-9-25(17-24)37-6/h7-17,23H,18-19H2,1-6H3,(H,30,34)/t23-/m0/s1. The highest BCUT2D eigenvalue weighted by atomic mass is 32.2. The molecule has 1 atom stereocenters. The summed E-state index contributed by atoms with van der Waals surface area (Å²) in [5.41, 5.74) is 3.75. The Hall–Kier alpha value is -3.85. The average molecular weight is 538 g/mol. The topological polar surface area (TPSA) is 96.0 Å². The summed E-state index contributed by atoms with van der Waals surface area (Å²) in [7, 11) is -1.06. The van der Waals surface area contributed by atoms with Gasteiger partial charge in [-0.25, -0.2) is 8.42 Å². The summed E-state index contributed by atoms with van der Waals surface area (Å²) >= 11 is 0. The molecule has 3 aromatic carbocycles. The van der Waals surface area contributed by atoms with Crippen molar-refractivity contribution >= 4 is 27.5 Å². The van der Waals surface area contributed by atoms with E-state index in [1.165, 1.54) is 24.1 Å². The first-order valence-corrected chi connectivity index (χ1v) is 13.7. The predicted molar refractivity (Wildman–Crippen MR) is 149 cm³/mol. The second-order valence-corrected chi connectivity index (χ2v) is 11.1. The first kappa shape index (κ1) is 28.7. The molecule has 0 bridgehead atoms. The van der Waals surface area contributed by atoms with Crippen LogP contribution in [0.15, 0.2) is 71.6 Å². The Morgan fingerprint density at radius 1 is 0.947 bits per heavy atom. The number of carbonyl (C=O) groups excluding carboxylic acids is 2. The lowest BCUT2D eigenvalue weighted by Gasteiger charge is -2.32. The van der Waals surface area contributed by atoms with Gasteiger partial charge in [-0.2, -0.15) is 0 Å². The van der Waals surface area contributed by atoms with E-state index in [2.05, 4.69) is 5.32 Å². The third kappa shape index (κ3) is 6.52. The van der Waals surface area contributed by atoms with Crippen molar-refractivity contribution in [2.75, 3.05) is 25.0 Å². The number of likely N-dealkylation sites (N-methyl/N-ethyl adjacent to an activating group) is 1. The van der Waals surface area contributed by atoms with Crippen LogP contribution in [0.4, 0.5) is 5.69 Å². The Labute approximate surface area is 225 Å². The van der Waals surface area contributed by atoms with E-state index in [1.54, 1.807) is 50.4 Å². The molecule has 3 aromatic rings. The minimum Gasteiger partial charge on any atom is -0.497 e. The fourth-order valence-electron chi connectivity index (χ4n) is 4.20. The average Bonchev–Trinajstić information content (AvgIpc) is 2.90. The van der Waals surface area contributed by atoms with Crippen molar-refractivity contribution in [3.8, 4) is 5.75 Å². The Morgan fingerprint density at radius 2 is 1.61 bits per heavy atom. The SMILES string of the molecule is CNC(=O)[C@H](C)N(Cc1cccc(OC)c1)C(=O)CN(c1ccc(C)cc1C)S(=O)(=O)c1ccc(C)cc1. The van der Waals surface area contributed by atoms with Gasteiger partial charge in [0.1, 0.15) is 18.3 Å². The second kappa shape index (κ2) is 12.1. The van der Waals surface area contributed by atoms with E-state index in [9.17, 15) is 18.0 Å². The number of anilines is 1. The first-order valence-electron chi connectivity index (χ1n) is 12.3. The highest BCUT2D eigenvalue weighted by Gasteiger charge is 2.33. The van der Waals surface area contributed by atoms with Crippen molar-refractivity contribution in [2.45, 2.75) is 45.2 Å². The molecule has 2 amide bonds. The number of nitrogens with zero attached hydrogens (tertiary/aromatic N) is 2. The van der Waals surface area contributed by atoms with Crippen LogP contribution in [-0.4, -0.2) is 51.9 Å². The van der Waals surface area contributed by atoms with Crippen molar-refractivity contribution in [3.63, 3.8) is 0 Å². The predicted octanol–water partition coefficient (Wildman–Crippen LogP) is 3.98. The van der Waals surface area contributed by atoms with Gasteiger partial charge in [-0.05, 0) is 69.2 Å². The Bertz CT molecular complexity index is 1400. The number of rotatable bonds is 10. The van der Waals surface area contributed by atoms with Crippen LogP contribution in [-0.2, 0) is 26.2 Å². The number of hydrogen-bond donors (Lipinski definition) is 1. The second-order valence-electron chi connectivity index (χ2n) is 9.28. The zero-order chi connectivity index (χ0) is 28.0. The number of sulfonamides is 1. The van der Waals surface area contributed by atoms with Gasteiger partial charge in [-0.3, -0.25) is 13.9 Å². The molecule has 202 valence electrons. The molecule has 0 saturated carbocycles. The summed E-state index contributed by atoms with van der Waals surface area (Å²) in [6.07, 6.45) is 0. The molecule has 0 aliphatic rings. The third-order valence-corrected chi connectivity index (χ3v) is 8.18. The molecule has 1 N–H and O–H groups in total. The Balaban J connectivity index is 2.07. The molecular formula is C29H35N3O5S. The zero-order valence-corrected chi connectivity index (χ0v) is 23.5. The van der Waals surface area contributed by atoms with E-state index < -0.39 is 28.5 Å². The molecule has 0 spiro atoms. The van der Waals surface area contributed by atoms with Crippen LogP contribution in [0.3, 0.4) is 0 Å². The molecular weight excluding hydrogens is 502 g/mol. The highest BCUT2D eigenvalue weighted by Crippen LogP contribution is 2.28. The van der Waals surface area contributed by atoms with Gasteiger partial charge in [0.25, 0.3) is 10.0 Å². The van der Waals surface area contributed by atoms with Gasteiger partial charge in [0, 0.05) is 13.6 Å². The number of amides is 2. The smallest absolute Gasteiger partial charge is 0.264 e. The molecule has 0 heterocycles. The maximum Gasteiger partial charge on any atom is 0.264 e. The van der Waals surface area contributed by atoms with Crippen molar-refractivity contribution < 1.29 is 22.7 Å². The molecule has 8 nitrogen and oxygen atoms in total. The van der Waals surface area contributed by atoms with E-state index in [-0.39, 0.29) is 17.3 Å². The summed E-state index contributed by atoms with van der Waals surface area (Å²) < 4.78 is 34.2. The van der Waals surface area contributed by atoms with Crippen LogP contribution >= 0.6 is 0 Å². The lowest BCUT2D eigenvalue weighted by atomic mass is 10.1. The van der Waals surface area contributed by atoms with Crippen molar-refractivity contribution in [1.29, 1.82) is 0 Å². The van der Waals surface area contributed by atoms with Gasteiger partial charge < -0.3 is 15.0 Å². The molecule has 0 fully saturated rings. The summed E-state index contributed by atoms with van der Waals surface area (Å²) in [6, 6.07) is 18.2. The van der Waals surface area contributed by atoms with Gasteiger partial charge in [0.05, 0.1) is 17.7 Å². The number of hydrogen-bond acceptors (Lipinski definition) is 5. The quantitative estimate of drug-likeness (QED) is 0.422. The summed E-state index contributed by atoms with van der Waals surface area (Å²) in [4.78, 5) is 27.9.